The van der Waals surface area contributed by atoms with Crippen LogP contribution in [0.15, 0.2) is 95.9 Å². The van der Waals surface area contributed by atoms with Crippen LogP contribution < -0.4 is 9.62 Å². The van der Waals surface area contributed by atoms with E-state index in [4.69, 9.17) is 0 Å². The first kappa shape index (κ1) is 23.3. The number of nitrogens with one attached hydrogen (secondary N) is 1. The van der Waals surface area contributed by atoms with Crippen LogP contribution in [0, 0.1) is 6.92 Å². The van der Waals surface area contributed by atoms with Crippen LogP contribution in [0.3, 0.4) is 0 Å². The second-order valence-electron chi connectivity index (χ2n) is 7.80. The third kappa shape index (κ3) is 5.02. The van der Waals surface area contributed by atoms with Crippen molar-refractivity contribution in [3.63, 3.8) is 0 Å². The first-order valence-corrected chi connectivity index (χ1v) is 12.4. The van der Waals surface area contributed by atoms with Crippen molar-refractivity contribution in [3.05, 3.63) is 108 Å². The number of para-hydroxylation sites is 1. The molecule has 0 spiro atoms. The van der Waals surface area contributed by atoms with Gasteiger partial charge in [0, 0.05) is 18.2 Å². The van der Waals surface area contributed by atoms with Crippen molar-refractivity contribution in [2.45, 2.75) is 25.3 Å². The Kier molecular flexibility index (Phi) is 6.79. The molecule has 3 aromatic carbocycles. The van der Waals surface area contributed by atoms with E-state index in [0.717, 1.165) is 11.3 Å². The van der Waals surface area contributed by atoms with Gasteiger partial charge < -0.3 is 5.32 Å². The molecule has 8 heteroatoms. The molecular weight excluding hydrogens is 448 g/mol. The smallest absolute Gasteiger partial charge is 0.264 e. The number of amides is 1. The summed E-state index contributed by atoms with van der Waals surface area (Å²) in [6.07, 6.45) is 0. The maximum Gasteiger partial charge on any atom is 0.264 e. The van der Waals surface area contributed by atoms with Gasteiger partial charge in [0.1, 0.15) is 5.82 Å². The van der Waals surface area contributed by atoms with Crippen molar-refractivity contribution in [2.24, 2.45) is 0 Å². The van der Waals surface area contributed by atoms with Crippen molar-refractivity contribution in [1.29, 1.82) is 0 Å². The number of aryl methyl sites for hydroxylation is 1. The molecular formula is C26H26N4O3S. The summed E-state index contributed by atoms with van der Waals surface area (Å²) in [6.45, 7) is 4.40. The van der Waals surface area contributed by atoms with Gasteiger partial charge in [-0.25, -0.2) is 13.1 Å². The summed E-state index contributed by atoms with van der Waals surface area (Å²) >= 11 is 0. The zero-order chi connectivity index (χ0) is 24.1. The SMILES string of the molecule is CCN(c1ccccc1)S(=O)(=O)c1cccc(C(=O)Nc2cc(C)nn2Cc2ccccc2)c1. The minimum absolute atomic E-state index is 0.0554. The van der Waals surface area contributed by atoms with Gasteiger partial charge in [0.05, 0.1) is 22.8 Å². The molecule has 1 heterocycles. The predicted octanol–water partition coefficient (Wildman–Crippen LogP) is 4.71. The Morgan fingerprint density at radius 2 is 1.62 bits per heavy atom. The summed E-state index contributed by atoms with van der Waals surface area (Å²) in [7, 11) is -3.84. The average Bonchev–Trinajstić information content (AvgIpc) is 3.19. The van der Waals surface area contributed by atoms with E-state index in [1.165, 1.54) is 16.4 Å². The lowest BCUT2D eigenvalue weighted by Gasteiger charge is -2.23. The maximum absolute atomic E-state index is 13.3. The molecule has 0 radical (unpaired) electrons. The molecule has 174 valence electrons. The van der Waals surface area contributed by atoms with Crippen LogP contribution >= 0.6 is 0 Å². The van der Waals surface area contributed by atoms with Crippen LogP contribution in [0.1, 0.15) is 28.5 Å². The van der Waals surface area contributed by atoms with E-state index < -0.39 is 15.9 Å². The quantitative estimate of drug-likeness (QED) is 0.401. The number of benzene rings is 3. The molecule has 0 aliphatic carbocycles. The summed E-state index contributed by atoms with van der Waals surface area (Å²) in [5.74, 6) is 0.133. The fourth-order valence-corrected chi connectivity index (χ4v) is 5.24. The third-order valence-corrected chi connectivity index (χ3v) is 7.23. The van der Waals surface area contributed by atoms with E-state index in [0.29, 0.717) is 18.1 Å². The monoisotopic (exact) mass is 474 g/mol. The molecule has 4 rings (SSSR count). The summed E-state index contributed by atoms with van der Waals surface area (Å²) in [5, 5.41) is 7.35. The Morgan fingerprint density at radius 1 is 0.941 bits per heavy atom. The van der Waals surface area contributed by atoms with E-state index >= 15 is 0 Å². The summed E-state index contributed by atoms with van der Waals surface area (Å²) in [5.41, 5.74) is 2.63. The summed E-state index contributed by atoms with van der Waals surface area (Å²) < 4.78 is 29.7. The zero-order valence-corrected chi connectivity index (χ0v) is 19.9. The van der Waals surface area contributed by atoms with Crippen molar-refractivity contribution >= 4 is 27.4 Å². The largest absolute Gasteiger partial charge is 0.307 e. The molecule has 1 aromatic heterocycles. The highest BCUT2D eigenvalue weighted by Crippen LogP contribution is 2.24. The first-order valence-electron chi connectivity index (χ1n) is 11.0. The number of carbonyl (C=O) groups excluding carboxylic acids is 1. The van der Waals surface area contributed by atoms with Gasteiger partial charge in [0.2, 0.25) is 0 Å². The van der Waals surface area contributed by atoms with E-state index in [-0.39, 0.29) is 17.0 Å². The van der Waals surface area contributed by atoms with Gasteiger partial charge in [-0.05, 0) is 49.7 Å². The van der Waals surface area contributed by atoms with E-state index in [1.54, 1.807) is 54.1 Å². The maximum atomic E-state index is 13.3. The third-order valence-electron chi connectivity index (χ3n) is 5.33. The molecule has 1 N–H and O–H groups in total. The molecule has 0 unspecified atom stereocenters. The van der Waals surface area contributed by atoms with Crippen LogP contribution in [0.2, 0.25) is 0 Å². The Hall–Kier alpha value is -3.91. The summed E-state index contributed by atoms with van der Waals surface area (Å²) in [6, 6.07) is 26.6. The van der Waals surface area contributed by atoms with Gasteiger partial charge in [0.15, 0.2) is 0 Å². The molecule has 0 atom stereocenters. The van der Waals surface area contributed by atoms with Crippen LogP contribution in [-0.2, 0) is 16.6 Å². The number of rotatable bonds is 8. The number of nitrogens with zero attached hydrogens (tertiary/aromatic N) is 3. The number of aromatic nitrogens is 2. The van der Waals surface area contributed by atoms with Crippen molar-refractivity contribution in [1.82, 2.24) is 9.78 Å². The minimum atomic E-state index is -3.84. The van der Waals surface area contributed by atoms with Gasteiger partial charge >= 0.3 is 0 Å². The molecule has 0 saturated carbocycles. The van der Waals surface area contributed by atoms with Gasteiger partial charge in [-0.1, -0.05) is 54.6 Å². The Balaban J connectivity index is 1.59. The lowest BCUT2D eigenvalue weighted by Crippen LogP contribution is -2.31. The molecule has 34 heavy (non-hydrogen) atoms. The van der Waals surface area contributed by atoms with Crippen LogP contribution in [-0.4, -0.2) is 30.7 Å². The van der Waals surface area contributed by atoms with Gasteiger partial charge in [-0.15, -0.1) is 0 Å². The Bertz CT molecular complexity index is 1380. The zero-order valence-electron chi connectivity index (χ0n) is 19.0. The molecule has 0 fully saturated rings. The number of hydrogen-bond donors (Lipinski definition) is 1. The lowest BCUT2D eigenvalue weighted by molar-refractivity contribution is 0.102. The lowest BCUT2D eigenvalue weighted by atomic mass is 10.2. The van der Waals surface area contributed by atoms with Crippen LogP contribution in [0.5, 0.6) is 0 Å². The molecule has 0 aliphatic heterocycles. The highest BCUT2D eigenvalue weighted by atomic mass is 32.2. The topological polar surface area (TPSA) is 84.3 Å². The summed E-state index contributed by atoms with van der Waals surface area (Å²) in [4.78, 5) is 13.1. The highest BCUT2D eigenvalue weighted by Gasteiger charge is 2.24. The van der Waals surface area contributed by atoms with E-state index in [2.05, 4.69) is 10.4 Å². The average molecular weight is 475 g/mol. The van der Waals surface area contributed by atoms with Gasteiger partial charge in [0.25, 0.3) is 15.9 Å². The normalized spacial score (nSPS) is 11.2. The highest BCUT2D eigenvalue weighted by molar-refractivity contribution is 7.92. The number of anilines is 2. The van der Waals surface area contributed by atoms with Crippen molar-refractivity contribution in [3.8, 4) is 0 Å². The molecule has 7 nitrogen and oxygen atoms in total. The number of carbonyl (C=O) groups is 1. The van der Waals surface area contributed by atoms with Crippen LogP contribution in [0.4, 0.5) is 11.5 Å². The van der Waals surface area contributed by atoms with Crippen molar-refractivity contribution < 1.29 is 13.2 Å². The molecule has 4 aromatic rings. The Morgan fingerprint density at radius 3 is 2.29 bits per heavy atom. The second-order valence-corrected chi connectivity index (χ2v) is 9.66. The fraction of sp³-hybridized carbons (Fsp3) is 0.154. The molecule has 0 aliphatic rings. The van der Waals surface area contributed by atoms with E-state index in [9.17, 15) is 13.2 Å². The van der Waals surface area contributed by atoms with Crippen molar-refractivity contribution in [2.75, 3.05) is 16.2 Å². The number of hydrogen-bond acceptors (Lipinski definition) is 4. The fourth-order valence-electron chi connectivity index (χ4n) is 3.72. The Labute approximate surface area is 199 Å². The van der Waals surface area contributed by atoms with E-state index in [1.807, 2.05) is 43.3 Å². The standard InChI is InChI=1S/C26H26N4O3S/c1-3-30(23-14-8-5-9-15-23)34(32,33)24-16-10-13-22(18-24)26(31)27-25-17-20(2)28-29(25)19-21-11-6-4-7-12-21/h4-18H,3,19H2,1-2H3,(H,27,31). The molecule has 1 amide bonds. The second kappa shape index (κ2) is 9.93. The minimum Gasteiger partial charge on any atom is -0.307 e. The first-order chi connectivity index (χ1) is 16.4. The molecule has 0 saturated heterocycles. The molecule has 0 bridgehead atoms. The van der Waals surface area contributed by atoms with Crippen LogP contribution in [0.25, 0.3) is 0 Å². The number of sulfonamides is 1. The van der Waals surface area contributed by atoms with Gasteiger partial charge in [-0.2, -0.15) is 5.10 Å². The predicted molar refractivity (Wildman–Crippen MR) is 134 cm³/mol. The van der Waals surface area contributed by atoms with Gasteiger partial charge in [-0.3, -0.25) is 9.10 Å².